The van der Waals surface area contributed by atoms with Crippen LogP contribution >= 0.6 is 0 Å². The van der Waals surface area contributed by atoms with Crippen molar-refractivity contribution in [3.8, 4) is 0 Å². The van der Waals surface area contributed by atoms with Gasteiger partial charge in [-0.2, -0.15) is 0 Å². The standard InChI is InChI=1S/C13H20N2O2/c1-8(2)11(15-13(17)10(4)16)12-9(3)6-5-7-14-12/h5-8,10-11,16H,1-4H3,(H,15,17). The summed E-state index contributed by atoms with van der Waals surface area (Å²) in [6, 6.07) is 3.66. The number of hydrogen-bond acceptors (Lipinski definition) is 3. The summed E-state index contributed by atoms with van der Waals surface area (Å²) in [5.74, 6) is -0.153. The third-order valence-electron chi connectivity index (χ3n) is 2.69. The van der Waals surface area contributed by atoms with Gasteiger partial charge in [0.05, 0.1) is 11.7 Å². The molecule has 0 aliphatic heterocycles. The van der Waals surface area contributed by atoms with Gasteiger partial charge in [0.1, 0.15) is 6.10 Å². The molecule has 4 nitrogen and oxygen atoms in total. The minimum atomic E-state index is -1.000. The molecule has 0 aliphatic carbocycles. The Bertz CT molecular complexity index is 389. The van der Waals surface area contributed by atoms with E-state index in [0.29, 0.717) is 0 Å². The second-order valence-electron chi connectivity index (χ2n) is 4.61. The minimum Gasteiger partial charge on any atom is -0.384 e. The molecule has 0 aromatic carbocycles. The van der Waals surface area contributed by atoms with Crippen molar-refractivity contribution >= 4 is 5.91 Å². The Kier molecular flexibility index (Phi) is 4.63. The molecule has 0 radical (unpaired) electrons. The van der Waals surface area contributed by atoms with E-state index in [2.05, 4.69) is 10.3 Å². The van der Waals surface area contributed by atoms with Crippen molar-refractivity contribution in [2.24, 2.45) is 5.92 Å². The molecule has 1 aromatic rings. The second-order valence-corrected chi connectivity index (χ2v) is 4.61. The highest BCUT2D eigenvalue weighted by molar-refractivity contribution is 5.80. The van der Waals surface area contributed by atoms with E-state index in [9.17, 15) is 9.90 Å². The number of nitrogens with zero attached hydrogens (tertiary/aromatic N) is 1. The van der Waals surface area contributed by atoms with Gasteiger partial charge < -0.3 is 10.4 Å². The van der Waals surface area contributed by atoms with Gasteiger partial charge in [-0.05, 0) is 31.4 Å². The van der Waals surface area contributed by atoms with Gasteiger partial charge in [-0.1, -0.05) is 19.9 Å². The highest BCUT2D eigenvalue weighted by atomic mass is 16.3. The first-order chi connectivity index (χ1) is 7.93. The molecule has 4 heteroatoms. The Morgan fingerprint density at radius 2 is 2.06 bits per heavy atom. The number of carbonyl (C=O) groups is 1. The number of carbonyl (C=O) groups excluding carboxylic acids is 1. The fourth-order valence-electron chi connectivity index (χ4n) is 1.65. The van der Waals surface area contributed by atoms with Gasteiger partial charge in [0.25, 0.3) is 0 Å². The number of nitrogens with one attached hydrogen (secondary N) is 1. The van der Waals surface area contributed by atoms with Crippen molar-refractivity contribution in [1.29, 1.82) is 0 Å². The van der Waals surface area contributed by atoms with E-state index in [0.717, 1.165) is 11.3 Å². The number of pyridine rings is 1. The lowest BCUT2D eigenvalue weighted by Gasteiger charge is -2.24. The third kappa shape index (κ3) is 3.53. The molecule has 1 amide bonds. The lowest BCUT2D eigenvalue weighted by Crippen LogP contribution is -2.38. The summed E-state index contributed by atoms with van der Waals surface area (Å²) in [7, 11) is 0. The third-order valence-corrected chi connectivity index (χ3v) is 2.69. The molecule has 1 rings (SSSR count). The van der Waals surface area contributed by atoms with E-state index >= 15 is 0 Å². The molecule has 0 saturated heterocycles. The largest absolute Gasteiger partial charge is 0.384 e. The zero-order chi connectivity index (χ0) is 13.0. The Morgan fingerprint density at radius 3 is 2.53 bits per heavy atom. The van der Waals surface area contributed by atoms with Gasteiger partial charge in [-0.25, -0.2) is 0 Å². The first kappa shape index (κ1) is 13.6. The number of aliphatic hydroxyl groups excluding tert-OH is 1. The van der Waals surface area contributed by atoms with Crippen molar-refractivity contribution in [1.82, 2.24) is 10.3 Å². The zero-order valence-corrected chi connectivity index (χ0v) is 10.8. The zero-order valence-electron chi connectivity index (χ0n) is 10.8. The van der Waals surface area contributed by atoms with Crippen LogP contribution in [0.4, 0.5) is 0 Å². The van der Waals surface area contributed by atoms with Gasteiger partial charge in [-0.15, -0.1) is 0 Å². The van der Waals surface area contributed by atoms with E-state index in [1.165, 1.54) is 6.92 Å². The van der Waals surface area contributed by atoms with Crippen molar-refractivity contribution in [2.75, 3.05) is 0 Å². The van der Waals surface area contributed by atoms with Gasteiger partial charge >= 0.3 is 0 Å². The predicted molar refractivity (Wildman–Crippen MR) is 66.4 cm³/mol. The summed E-state index contributed by atoms with van der Waals surface area (Å²) in [6.07, 6.45) is 0.715. The molecular weight excluding hydrogens is 216 g/mol. The van der Waals surface area contributed by atoms with Gasteiger partial charge in [0, 0.05) is 6.20 Å². The first-order valence-electron chi connectivity index (χ1n) is 5.83. The molecule has 0 aliphatic rings. The molecule has 2 atom stereocenters. The lowest BCUT2D eigenvalue weighted by molar-refractivity contribution is -0.129. The van der Waals surface area contributed by atoms with Crippen LogP contribution in [0.3, 0.4) is 0 Å². The van der Waals surface area contributed by atoms with Crippen LogP contribution in [0.5, 0.6) is 0 Å². The molecular formula is C13H20N2O2. The molecule has 2 unspecified atom stereocenters. The van der Waals surface area contributed by atoms with E-state index in [1.54, 1.807) is 6.20 Å². The van der Waals surface area contributed by atoms with Gasteiger partial charge in [0.15, 0.2) is 0 Å². The van der Waals surface area contributed by atoms with Gasteiger partial charge in [0.2, 0.25) is 5.91 Å². The molecule has 0 spiro atoms. The van der Waals surface area contributed by atoms with Gasteiger partial charge in [-0.3, -0.25) is 9.78 Å². The monoisotopic (exact) mass is 236 g/mol. The van der Waals surface area contributed by atoms with Crippen molar-refractivity contribution in [3.05, 3.63) is 29.6 Å². The molecule has 1 aromatic heterocycles. The highest BCUT2D eigenvalue weighted by Crippen LogP contribution is 2.22. The normalized spacial score (nSPS) is 14.5. The van der Waals surface area contributed by atoms with E-state index in [1.807, 2.05) is 32.9 Å². The number of amides is 1. The molecule has 94 valence electrons. The van der Waals surface area contributed by atoms with E-state index in [-0.39, 0.29) is 17.9 Å². The van der Waals surface area contributed by atoms with Crippen LogP contribution in [0.25, 0.3) is 0 Å². The van der Waals surface area contributed by atoms with E-state index < -0.39 is 6.10 Å². The summed E-state index contributed by atoms with van der Waals surface area (Å²) < 4.78 is 0. The van der Waals surface area contributed by atoms with Crippen LogP contribution in [0, 0.1) is 12.8 Å². The summed E-state index contributed by atoms with van der Waals surface area (Å²) in [6.45, 7) is 7.45. The average molecular weight is 236 g/mol. The topological polar surface area (TPSA) is 62.2 Å². The number of aliphatic hydroxyl groups is 1. The molecule has 17 heavy (non-hydrogen) atoms. The quantitative estimate of drug-likeness (QED) is 0.834. The maximum absolute atomic E-state index is 11.6. The molecule has 0 saturated carbocycles. The van der Waals surface area contributed by atoms with Crippen LogP contribution in [0.15, 0.2) is 18.3 Å². The number of hydrogen-bond donors (Lipinski definition) is 2. The maximum atomic E-state index is 11.6. The summed E-state index contributed by atoms with van der Waals surface area (Å²) in [5, 5.41) is 12.1. The Hall–Kier alpha value is -1.42. The molecule has 0 bridgehead atoms. The summed E-state index contributed by atoms with van der Waals surface area (Å²) in [5.41, 5.74) is 1.90. The summed E-state index contributed by atoms with van der Waals surface area (Å²) in [4.78, 5) is 15.9. The molecule has 0 fully saturated rings. The Labute approximate surface area is 102 Å². The highest BCUT2D eigenvalue weighted by Gasteiger charge is 2.22. The maximum Gasteiger partial charge on any atom is 0.249 e. The Morgan fingerprint density at radius 1 is 1.41 bits per heavy atom. The fraction of sp³-hybridized carbons (Fsp3) is 0.538. The van der Waals surface area contributed by atoms with Crippen LogP contribution < -0.4 is 5.32 Å². The van der Waals surface area contributed by atoms with Crippen molar-refractivity contribution < 1.29 is 9.90 Å². The smallest absolute Gasteiger partial charge is 0.249 e. The second kappa shape index (κ2) is 5.77. The van der Waals surface area contributed by atoms with Crippen LogP contribution in [0.2, 0.25) is 0 Å². The van der Waals surface area contributed by atoms with Crippen molar-refractivity contribution in [3.63, 3.8) is 0 Å². The number of aryl methyl sites for hydroxylation is 1. The van der Waals surface area contributed by atoms with Crippen molar-refractivity contribution in [2.45, 2.75) is 39.8 Å². The predicted octanol–water partition coefficient (Wildman–Crippen LogP) is 1.58. The fourth-order valence-corrected chi connectivity index (χ4v) is 1.65. The summed E-state index contributed by atoms with van der Waals surface area (Å²) >= 11 is 0. The molecule has 2 N–H and O–H groups in total. The number of aromatic nitrogens is 1. The first-order valence-corrected chi connectivity index (χ1v) is 5.83. The average Bonchev–Trinajstić information content (AvgIpc) is 2.26. The molecule has 1 heterocycles. The number of rotatable bonds is 4. The van der Waals surface area contributed by atoms with Crippen LogP contribution in [-0.4, -0.2) is 22.1 Å². The Balaban J connectivity index is 2.95. The lowest BCUT2D eigenvalue weighted by atomic mass is 9.97. The van der Waals surface area contributed by atoms with Crippen LogP contribution in [0.1, 0.15) is 38.1 Å². The van der Waals surface area contributed by atoms with E-state index in [4.69, 9.17) is 0 Å². The van der Waals surface area contributed by atoms with Crippen LogP contribution in [-0.2, 0) is 4.79 Å². The SMILES string of the molecule is Cc1cccnc1C(NC(=O)C(C)O)C(C)C. The minimum absolute atomic E-state index is 0.168.